The Bertz CT molecular complexity index is 947. The minimum Gasteiger partial charge on any atom is -0.317 e. The Morgan fingerprint density at radius 2 is 1.87 bits per heavy atom. The fraction of sp³-hybridized carbons (Fsp3) is 0.375. The Morgan fingerprint density at radius 3 is 2.70 bits per heavy atom. The summed E-state index contributed by atoms with van der Waals surface area (Å²) >= 11 is 1.58. The van der Waals surface area contributed by atoms with Gasteiger partial charge >= 0.3 is 6.03 Å². The van der Waals surface area contributed by atoms with Crippen molar-refractivity contribution >= 4 is 38.1 Å². The zero-order chi connectivity index (χ0) is 20.8. The molecular formula is C24H30N4OS. The molecule has 2 heterocycles. The lowest BCUT2D eigenvalue weighted by atomic mass is 9.91. The molecule has 3 aromatic rings. The van der Waals surface area contributed by atoms with Gasteiger partial charge in [0.2, 0.25) is 0 Å². The molecule has 4 rings (SSSR count). The second-order valence-electron chi connectivity index (χ2n) is 8.10. The van der Waals surface area contributed by atoms with E-state index >= 15 is 0 Å². The number of carbonyl (C=O) groups excluding carboxylic acids is 1. The Hall–Kier alpha value is -2.41. The lowest BCUT2D eigenvalue weighted by Crippen LogP contribution is -2.33. The van der Waals surface area contributed by atoms with E-state index in [9.17, 15) is 4.79 Å². The molecule has 0 saturated carbocycles. The highest BCUT2D eigenvalue weighted by Crippen LogP contribution is 2.29. The van der Waals surface area contributed by atoms with Crippen LogP contribution in [0.3, 0.4) is 0 Å². The smallest absolute Gasteiger partial charge is 0.317 e. The highest BCUT2D eigenvalue weighted by molar-refractivity contribution is 7.22. The first kappa shape index (κ1) is 20.8. The molecule has 1 atom stereocenters. The molecule has 1 unspecified atom stereocenters. The quantitative estimate of drug-likeness (QED) is 0.411. The molecule has 5 nitrogen and oxygen atoms in total. The first-order valence-electron chi connectivity index (χ1n) is 10.8. The summed E-state index contributed by atoms with van der Waals surface area (Å²) in [7, 11) is 0. The number of anilines is 2. The van der Waals surface area contributed by atoms with Gasteiger partial charge in [-0.15, -0.1) is 11.3 Å². The molecule has 30 heavy (non-hydrogen) atoms. The maximum Gasteiger partial charge on any atom is 0.324 e. The molecule has 1 aliphatic rings. The highest BCUT2D eigenvalue weighted by atomic mass is 32.1. The van der Waals surface area contributed by atoms with Gasteiger partial charge in [-0.2, -0.15) is 0 Å². The molecular weight excluding hydrogens is 392 g/mol. The number of rotatable bonds is 7. The molecule has 1 fully saturated rings. The van der Waals surface area contributed by atoms with E-state index in [0.29, 0.717) is 6.04 Å². The number of hydrogen-bond acceptors (Lipinski definition) is 4. The molecule has 2 amide bonds. The summed E-state index contributed by atoms with van der Waals surface area (Å²) < 4.78 is 1.17. The lowest BCUT2D eigenvalue weighted by molar-refractivity contribution is 0.262. The minimum absolute atomic E-state index is 0.211. The van der Waals surface area contributed by atoms with Crippen LogP contribution in [0.15, 0.2) is 54.6 Å². The number of thiophene rings is 1. The number of fused-ring (bicyclic) bond motifs is 1. The second kappa shape index (κ2) is 10.1. The van der Waals surface area contributed by atoms with Crippen molar-refractivity contribution in [2.45, 2.75) is 38.8 Å². The average molecular weight is 423 g/mol. The van der Waals surface area contributed by atoms with Crippen LogP contribution in [0.5, 0.6) is 0 Å². The van der Waals surface area contributed by atoms with Crippen LogP contribution in [-0.4, -0.2) is 25.2 Å². The van der Waals surface area contributed by atoms with Crippen molar-refractivity contribution in [1.82, 2.24) is 10.6 Å². The van der Waals surface area contributed by atoms with Crippen molar-refractivity contribution in [3.8, 4) is 0 Å². The van der Waals surface area contributed by atoms with Gasteiger partial charge in [0.05, 0.1) is 5.00 Å². The van der Waals surface area contributed by atoms with E-state index in [0.717, 1.165) is 47.2 Å². The third kappa shape index (κ3) is 5.59. The number of hydrogen-bond donors (Lipinski definition) is 4. The molecule has 1 aromatic heterocycles. The van der Waals surface area contributed by atoms with Crippen LogP contribution >= 0.6 is 11.3 Å². The number of urea groups is 1. The number of para-hydroxylation sites is 1. The summed E-state index contributed by atoms with van der Waals surface area (Å²) in [4.78, 5) is 12.6. The minimum atomic E-state index is -0.211. The van der Waals surface area contributed by atoms with Gasteiger partial charge in [0, 0.05) is 23.0 Å². The molecule has 1 aliphatic heterocycles. The lowest BCUT2D eigenvalue weighted by Gasteiger charge is -2.26. The molecule has 0 spiro atoms. The predicted octanol–water partition coefficient (Wildman–Crippen LogP) is 5.41. The van der Waals surface area contributed by atoms with E-state index in [4.69, 9.17) is 0 Å². The third-order valence-electron chi connectivity index (χ3n) is 5.71. The van der Waals surface area contributed by atoms with Crippen LogP contribution < -0.4 is 21.3 Å². The number of piperidine rings is 1. The summed E-state index contributed by atoms with van der Waals surface area (Å²) in [5, 5.41) is 15.0. The highest BCUT2D eigenvalue weighted by Gasteiger charge is 2.16. The molecule has 0 aliphatic carbocycles. The number of benzene rings is 2. The molecule has 0 bridgehead atoms. The van der Waals surface area contributed by atoms with Crippen molar-refractivity contribution < 1.29 is 4.79 Å². The van der Waals surface area contributed by atoms with Crippen molar-refractivity contribution in [3.63, 3.8) is 0 Å². The fourth-order valence-electron chi connectivity index (χ4n) is 4.09. The first-order chi connectivity index (χ1) is 14.7. The third-order valence-corrected chi connectivity index (χ3v) is 6.75. The average Bonchev–Trinajstić information content (AvgIpc) is 3.16. The van der Waals surface area contributed by atoms with E-state index in [-0.39, 0.29) is 6.03 Å². The summed E-state index contributed by atoms with van der Waals surface area (Å²) in [5.74, 6) is 0.800. The van der Waals surface area contributed by atoms with Crippen LogP contribution in [0.25, 0.3) is 10.1 Å². The van der Waals surface area contributed by atoms with Gasteiger partial charge in [-0.25, -0.2) is 4.79 Å². The van der Waals surface area contributed by atoms with Crippen LogP contribution in [0, 0.1) is 5.92 Å². The predicted molar refractivity (Wildman–Crippen MR) is 127 cm³/mol. The molecule has 6 heteroatoms. The van der Waals surface area contributed by atoms with Gasteiger partial charge in [-0.05, 0) is 74.3 Å². The van der Waals surface area contributed by atoms with Gasteiger partial charge in [0.25, 0.3) is 0 Å². The fourth-order valence-corrected chi connectivity index (χ4v) is 5.05. The van der Waals surface area contributed by atoms with Crippen LogP contribution in [0.1, 0.15) is 31.7 Å². The van der Waals surface area contributed by atoms with Crippen LogP contribution in [-0.2, 0) is 6.54 Å². The molecule has 158 valence electrons. The maximum atomic E-state index is 12.6. The number of nitrogens with one attached hydrogen (secondary N) is 4. The summed E-state index contributed by atoms with van der Waals surface area (Å²) in [6.07, 6.45) is 3.73. The molecule has 1 saturated heterocycles. The first-order valence-corrected chi connectivity index (χ1v) is 11.6. The van der Waals surface area contributed by atoms with E-state index in [1.807, 2.05) is 36.4 Å². The van der Waals surface area contributed by atoms with Crippen LogP contribution in [0.4, 0.5) is 15.5 Å². The zero-order valence-electron chi connectivity index (χ0n) is 17.4. The SMILES string of the molecule is CC(CC1CCNCC1)NCc1ccccc1NC(=O)Nc1cc2ccccc2s1. The van der Waals surface area contributed by atoms with Gasteiger partial charge in [0.1, 0.15) is 0 Å². The van der Waals surface area contributed by atoms with E-state index in [1.165, 1.54) is 24.0 Å². The second-order valence-corrected chi connectivity index (χ2v) is 9.18. The topological polar surface area (TPSA) is 65.2 Å². The Kier molecular flexibility index (Phi) is 7.00. The van der Waals surface area contributed by atoms with E-state index < -0.39 is 0 Å². The number of amides is 2. The Morgan fingerprint density at radius 1 is 1.10 bits per heavy atom. The van der Waals surface area contributed by atoms with Gasteiger partial charge in [-0.1, -0.05) is 36.4 Å². The molecule has 4 N–H and O–H groups in total. The van der Waals surface area contributed by atoms with Crippen LogP contribution in [0.2, 0.25) is 0 Å². The summed E-state index contributed by atoms with van der Waals surface area (Å²) in [5.41, 5.74) is 1.94. The largest absolute Gasteiger partial charge is 0.324 e. The van der Waals surface area contributed by atoms with E-state index in [2.05, 4.69) is 46.4 Å². The Labute approximate surface area is 182 Å². The summed E-state index contributed by atoms with van der Waals surface area (Å²) in [6, 6.07) is 18.4. The summed E-state index contributed by atoms with van der Waals surface area (Å²) in [6.45, 7) is 5.27. The van der Waals surface area contributed by atoms with Crippen molar-refractivity contribution in [3.05, 3.63) is 60.2 Å². The van der Waals surface area contributed by atoms with Gasteiger partial charge in [-0.3, -0.25) is 5.32 Å². The van der Waals surface area contributed by atoms with Gasteiger partial charge in [0.15, 0.2) is 0 Å². The zero-order valence-corrected chi connectivity index (χ0v) is 18.2. The molecule has 2 aromatic carbocycles. The Balaban J connectivity index is 1.32. The molecule has 0 radical (unpaired) electrons. The van der Waals surface area contributed by atoms with Gasteiger partial charge < -0.3 is 16.0 Å². The maximum absolute atomic E-state index is 12.6. The van der Waals surface area contributed by atoms with Crippen molar-refractivity contribution in [1.29, 1.82) is 0 Å². The number of carbonyl (C=O) groups is 1. The van der Waals surface area contributed by atoms with Crippen molar-refractivity contribution in [2.75, 3.05) is 23.7 Å². The monoisotopic (exact) mass is 422 g/mol. The standard InChI is InChI=1S/C24H30N4OS/c1-17(14-18-10-12-25-13-11-18)26-16-20-7-2-4-8-21(20)27-24(29)28-23-15-19-6-3-5-9-22(19)30-23/h2-9,15,17-18,25-26H,10-14,16H2,1H3,(H2,27,28,29). The normalized spacial score (nSPS) is 15.8. The van der Waals surface area contributed by atoms with Crippen molar-refractivity contribution in [2.24, 2.45) is 5.92 Å². The van der Waals surface area contributed by atoms with E-state index in [1.54, 1.807) is 11.3 Å².